The van der Waals surface area contributed by atoms with Crippen molar-refractivity contribution >= 4 is 24.5 Å². The summed E-state index contributed by atoms with van der Waals surface area (Å²) in [6, 6.07) is 7.33. The minimum atomic E-state index is -0.318. The van der Waals surface area contributed by atoms with Crippen LogP contribution in [0.25, 0.3) is 6.08 Å². The molecule has 0 radical (unpaired) electrons. The highest BCUT2D eigenvalue weighted by molar-refractivity contribution is 5.89. The second-order valence-electron chi connectivity index (χ2n) is 4.77. The third-order valence-corrected chi connectivity index (χ3v) is 2.61. The van der Waals surface area contributed by atoms with Crippen LogP contribution in [0.5, 0.6) is 0 Å². The molecule has 2 N–H and O–H groups in total. The summed E-state index contributed by atoms with van der Waals surface area (Å²) in [7, 11) is 1.38. The third kappa shape index (κ3) is 6.41. The van der Waals surface area contributed by atoms with Crippen LogP contribution in [0, 0.1) is 5.92 Å². The van der Waals surface area contributed by atoms with Crippen molar-refractivity contribution in [3.05, 3.63) is 41.5 Å². The maximum absolute atomic E-state index is 11.3. The van der Waals surface area contributed by atoms with E-state index in [9.17, 15) is 4.79 Å². The minimum Gasteiger partial charge on any atom is -0.465 e. The normalized spacial score (nSPS) is 12.3. The fourth-order valence-corrected chi connectivity index (χ4v) is 1.71. The molecule has 0 fully saturated rings. The van der Waals surface area contributed by atoms with Gasteiger partial charge in [0.05, 0.1) is 12.7 Å². The van der Waals surface area contributed by atoms with E-state index in [1.807, 2.05) is 24.3 Å². The number of nitrogens with two attached hydrogens (primary N) is 1. The van der Waals surface area contributed by atoms with E-state index in [1.54, 1.807) is 12.1 Å². The van der Waals surface area contributed by atoms with E-state index in [4.69, 9.17) is 5.73 Å². The SMILES string of the molecule is COC(=O)c1ccc(/C=C/[C@@H](N)CC(C)C)cc1.Cl. The molecule has 0 aliphatic heterocycles. The summed E-state index contributed by atoms with van der Waals surface area (Å²) in [5.74, 6) is 0.272. The Hall–Kier alpha value is -1.32. The van der Waals surface area contributed by atoms with Gasteiger partial charge in [-0.25, -0.2) is 4.79 Å². The van der Waals surface area contributed by atoms with Crippen LogP contribution in [0.1, 0.15) is 36.2 Å². The Balaban J connectivity index is 0.00000324. The summed E-state index contributed by atoms with van der Waals surface area (Å²) in [6.45, 7) is 4.30. The molecular weight excluding hydrogens is 262 g/mol. The molecule has 3 nitrogen and oxygen atoms in total. The zero-order valence-corrected chi connectivity index (χ0v) is 12.4. The zero-order valence-electron chi connectivity index (χ0n) is 11.6. The summed E-state index contributed by atoms with van der Waals surface area (Å²) >= 11 is 0. The van der Waals surface area contributed by atoms with Gasteiger partial charge < -0.3 is 10.5 Å². The lowest BCUT2D eigenvalue weighted by Crippen LogP contribution is -2.18. The molecule has 0 aromatic heterocycles. The molecule has 0 bridgehead atoms. The highest BCUT2D eigenvalue weighted by Gasteiger charge is 2.04. The Labute approximate surface area is 121 Å². The molecular formula is C15H22ClNO2. The van der Waals surface area contributed by atoms with Gasteiger partial charge in [0.25, 0.3) is 0 Å². The first-order valence-corrected chi connectivity index (χ1v) is 6.15. The average molecular weight is 284 g/mol. The number of hydrogen-bond donors (Lipinski definition) is 1. The maximum atomic E-state index is 11.3. The Kier molecular flexibility index (Phi) is 8.12. The first-order chi connectivity index (χ1) is 8.52. The van der Waals surface area contributed by atoms with Crippen LogP contribution < -0.4 is 5.73 Å². The molecule has 1 rings (SSSR count). The van der Waals surface area contributed by atoms with Crippen molar-refractivity contribution in [1.29, 1.82) is 0 Å². The lowest BCUT2D eigenvalue weighted by Gasteiger charge is -2.08. The van der Waals surface area contributed by atoms with Crippen LogP contribution in [0.15, 0.2) is 30.3 Å². The van der Waals surface area contributed by atoms with Crippen molar-refractivity contribution in [2.45, 2.75) is 26.3 Å². The Morgan fingerprint density at radius 2 is 1.89 bits per heavy atom. The Morgan fingerprint density at radius 3 is 2.37 bits per heavy atom. The lowest BCUT2D eigenvalue weighted by molar-refractivity contribution is 0.0600. The van der Waals surface area contributed by atoms with Gasteiger partial charge in [-0.2, -0.15) is 0 Å². The van der Waals surface area contributed by atoms with Gasteiger partial charge in [-0.15, -0.1) is 12.4 Å². The predicted molar refractivity (Wildman–Crippen MR) is 81.5 cm³/mol. The van der Waals surface area contributed by atoms with E-state index >= 15 is 0 Å². The molecule has 0 aliphatic rings. The molecule has 0 amide bonds. The largest absolute Gasteiger partial charge is 0.465 e. The van der Waals surface area contributed by atoms with Gasteiger partial charge >= 0.3 is 5.97 Å². The van der Waals surface area contributed by atoms with Crippen LogP contribution >= 0.6 is 12.4 Å². The molecule has 1 aromatic rings. The number of rotatable bonds is 5. The van der Waals surface area contributed by atoms with E-state index in [-0.39, 0.29) is 24.4 Å². The number of halogens is 1. The summed E-state index contributed by atoms with van der Waals surface area (Å²) in [5.41, 5.74) is 7.55. The van der Waals surface area contributed by atoms with Gasteiger partial charge in [-0.1, -0.05) is 38.1 Å². The fraction of sp³-hybridized carbons (Fsp3) is 0.400. The molecule has 0 spiro atoms. The molecule has 1 aromatic carbocycles. The van der Waals surface area contributed by atoms with Crippen LogP contribution in [0.2, 0.25) is 0 Å². The van der Waals surface area contributed by atoms with Crippen molar-refractivity contribution in [3.63, 3.8) is 0 Å². The van der Waals surface area contributed by atoms with Gasteiger partial charge in [0.1, 0.15) is 0 Å². The number of benzene rings is 1. The Morgan fingerprint density at radius 1 is 1.32 bits per heavy atom. The topological polar surface area (TPSA) is 52.3 Å². The van der Waals surface area contributed by atoms with Crippen molar-refractivity contribution in [1.82, 2.24) is 0 Å². The standard InChI is InChI=1S/C15H21NO2.ClH/c1-11(2)10-14(16)9-6-12-4-7-13(8-5-12)15(17)18-3;/h4-9,11,14H,10,16H2,1-3H3;1H/b9-6+;/t14-;/m1./s1. The number of carbonyl (C=O) groups excluding carboxylic acids is 1. The summed E-state index contributed by atoms with van der Waals surface area (Å²) in [4.78, 5) is 11.3. The third-order valence-electron chi connectivity index (χ3n) is 2.61. The second kappa shape index (κ2) is 8.73. The van der Waals surface area contributed by atoms with Gasteiger partial charge in [-0.3, -0.25) is 0 Å². The van der Waals surface area contributed by atoms with Crippen LogP contribution in [0.4, 0.5) is 0 Å². The number of esters is 1. The van der Waals surface area contributed by atoms with E-state index in [0.29, 0.717) is 11.5 Å². The van der Waals surface area contributed by atoms with E-state index in [2.05, 4.69) is 18.6 Å². The molecule has 0 saturated heterocycles. The van der Waals surface area contributed by atoms with Crippen LogP contribution in [-0.2, 0) is 4.74 Å². The minimum absolute atomic E-state index is 0. The highest BCUT2D eigenvalue weighted by atomic mass is 35.5. The predicted octanol–water partition coefficient (Wildman–Crippen LogP) is 3.28. The molecule has 0 unspecified atom stereocenters. The number of methoxy groups -OCH3 is 1. The first kappa shape index (κ1) is 17.7. The maximum Gasteiger partial charge on any atom is 0.337 e. The van der Waals surface area contributed by atoms with E-state index in [1.165, 1.54) is 7.11 Å². The number of ether oxygens (including phenoxy) is 1. The number of carbonyl (C=O) groups is 1. The van der Waals surface area contributed by atoms with Gasteiger partial charge in [0.15, 0.2) is 0 Å². The number of hydrogen-bond acceptors (Lipinski definition) is 3. The van der Waals surface area contributed by atoms with E-state index in [0.717, 1.165) is 12.0 Å². The van der Waals surface area contributed by atoms with Crippen molar-refractivity contribution in [2.75, 3.05) is 7.11 Å². The zero-order chi connectivity index (χ0) is 13.5. The van der Waals surface area contributed by atoms with Crippen molar-refractivity contribution in [3.8, 4) is 0 Å². The fourth-order valence-electron chi connectivity index (χ4n) is 1.71. The van der Waals surface area contributed by atoms with Crippen LogP contribution in [0.3, 0.4) is 0 Å². The van der Waals surface area contributed by atoms with Crippen molar-refractivity contribution < 1.29 is 9.53 Å². The molecule has 19 heavy (non-hydrogen) atoms. The summed E-state index contributed by atoms with van der Waals surface area (Å²) in [5, 5.41) is 0. The molecule has 4 heteroatoms. The molecule has 0 saturated carbocycles. The summed E-state index contributed by atoms with van der Waals surface area (Å²) < 4.78 is 4.64. The quantitative estimate of drug-likeness (QED) is 0.844. The molecule has 0 aliphatic carbocycles. The molecule has 0 heterocycles. The monoisotopic (exact) mass is 283 g/mol. The Bertz CT molecular complexity index is 413. The average Bonchev–Trinajstić information content (AvgIpc) is 2.35. The lowest BCUT2D eigenvalue weighted by atomic mass is 10.0. The molecule has 106 valence electrons. The van der Waals surface area contributed by atoms with Crippen molar-refractivity contribution in [2.24, 2.45) is 11.7 Å². The molecule has 1 atom stereocenters. The summed E-state index contributed by atoms with van der Waals surface area (Å²) in [6.07, 6.45) is 4.94. The van der Waals surface area contributed by atoms with E-state index < -0.39 is 0 Å². The van der Waals surface area contributed by atoms with Gasteiger partial charge in [0, 0.05) is 6.04 Å². The van der Waals surface area contributed by atoms with Crippen LogP contribution in [-0.4, -0.2) is 19.1 Å². The van der Waals surface area contributed by atoms with Gasteiger partial charge in [-0.05, 0) is 30.0 Å². The van der Waals surface area contributed by atoms with Gasteiger partial charge in [0.2, 0.25) is 0 Å². The first-order valence-electron chi connectivity index (χ1n) is 6.15. The highest BCUT2D eigenvalue weighted by Crippen LogP contribution is 2.09. The smallest absolute Gasteiger partial charge is 0.337 e. The second-order valence-corrected chi connectivity index (χ2v) is 4.77.